The summed E-state index contributed by atoms with van der Waals surface area (Å²) in [6, 6.07) is 25.2. The van der Waals surface area contributed by atoms with Gasteiger partial charge in [0, 0.05) is 11.6 Å². The van der Waals surface area contributed by atoms with Gasteiger partial charge in [-0.25, -0.2) is 4.79 Å². The zero-order valence-electron chi connectivity index (χ0n) is 22.3. The van der Waals surface area contributed by atoms with E-state index in [1.165, 1.54) is 13.8 Å². The summed E-state index contributed by atoms with van der Waals surface area (Å²) in [5.41, 5.74) is 1.32. The summed E-state index contributed by atoms with van der Waals surface area (Å²) in [5.74, 6) is -1.54. The molecule has 0 saturated carbocycles. The second-order valence-electron chi connectivity index (χ2n) is 10.0. The van der Waals surface area contributed by atoms with Gasteiger partial charge >= 0.3 is 6.09 Å². The third-order valence-corrected chi connectivity index (χ3v) is 6.12. The van der Waals surface area contributed by atoms with Crippen molar-refractivity contribution in [2.75, 3.05) is 12.0 Å². The van der Waals surface area contributed by atoms with E-state index < -0.39 is 29.6 Å². The topological polar surface area (TPSA) is 72.9 Å². The van der Waals surface area contributed by atoms with Crippen LogP contribution in [0.25, 0.3) is 0 Å². The number of hydrogen-bond donors (Lipinski definition) is 0. The SMILES string of the molecule is COc1ccc(N(C(=O)OC(C)(C)C)[C@H](c2ccccc2)[C@H](c2ccccc2)C(C(C)=O)C(C)=O)cc1. The molecule has 0 radical (unpaired) electrons. The lowest BCUT2D eigenvalue weighted by Gasteiger charge is -2.40. The van der Waals surface area contributed by atoms with Crippen LogP contribution in [0.5, 0.6) is 5.75 Å². The van der Waals surface area contributed by atoms with Gasteiger partial charge in [0.15, 0.2) is 0 Å². The molecule has 0 aliphatic rings. The van der Waals surface area contributed by atoms with E-state index in [1.807, 2.05) is 60.7 Å². The van der Waals surface area contributed by atoms with Crippen LogP contribution in [0.1, 0.15) is 57.7 Å². The third kappa shape index (κ3) is 6.85. The van der Waals surface area contributed by atoms with Crippen molar-refractivity contribution in [2.24, 2.45) is 5.92 Å². The number of anilines is 1. The van der Waals surface area contributed by atoms with Crippen molar-refractivity contribution in [3.63, 3.8) is 0 Å². The number of amides is 1. The predicted octanol–water partition coefficient (Wildman–Crippen LogP) is 6.76. The molecular weight excluding hydrogens is 466 g/mol. The molecule has 1 amide bonds. The quantitative estimate of drug-likeness (QED) is 0.303. The number of benzene rings is 3. The Labute approximate surface area is 219 Å². The molecule has 2 atom stereocenters. The number of nitrogens with zero attached hydrogens (tertiary/aromatic N) is 1. The lowest BCUT2D eigenvalue weighted by atomic mass is 9.74. The van der Waals surface area contributed by atoms with Gasteiger partial charge in [-0.2, -0.15) is 0 Å². The maximum absolute atomic E-state index is 13.9. The maximum atomic E-state index is 13.9. The summed E-state index contributed by atoms with van der Waals surface area (Å²) < 4.78 is 11.2. The van der Waals surface area contributed by atoms with Gasteiger partial charge in [-0.3, -0.25) is 14.5 Å². The summed E-state index contributed by atoms with van der Waals surface area (Å²) >= 11 is 0. The number of hydrogen-bond acceptors (Lipinski definition) is 5. The van der Waals surface area contributed by atoms with E-state index in [4.69, 9.17) is 9.47 Å². The van der Waals surface area contributed by atoms with Crippen LogP contribution in [0.3, 0.4) is 0 Å². The number of rotatable bonds is 9. The average molecular weight is 502 g/mol. The Morgan fingerprint density at radius 1 is 0.730 bits per heavy atom. The number of ether oxygens (including phenoxy) is 2. The highest BCUT2D eigenvalue weighted by atomic mass is 16.6. The predicted molar refractivity (Wildman–Crippen MR) is 145 cm³/mol. The molecule has 0 unspecified atom stereocenters. The highest BCUT2D eigenvalue weighted by molar-refractivity contribution is 6.02. The Bertz CT molecular complexity index is 1190. The molecular formula is C31H35NO5. The van der Waals surface area contributed by atoms with E-state index in [0.29, 0.717) is 11.4 Å². The van der Waals surface area contributed by atoms with E-state index in [2.05, 4.69) is 0 Å². The van der Waals surface area contributed by atoms with E-state index >= 15 is 0 Å². The normalized spacial score (nSPS) is 12.9. The fourth-order valence-electron chi connectivity index (χ4n) is 4.62. The molecule has 6 nitrogen and oxygen atoms in total. The second-order valence-corrected chi connectivity index (χ2v) is 10.0. The number of methoxy groups -OCH3 is 1. The van der Waals surface area contributed by atoms with E-state index in [0.717, 1.165) is 11.1 Å². The first-order chi connectivity index (χ1) is 17.5. The standard InChI is InChI=1S/C31H35NO5/c1-21(33)27(22(2)34)28(23-13-9-7-10-14-23)29(24-15-11-8-12-16-24)32(30(35)37-31(3,4)5)25-17-19-26(36-6)20-18-25/h7-20,27-29H,1-6H3/t28-,29-/m1/s1. The molecule has 3 rings (SSSR count). The van der Waals surface area contributed by atoms with Crippen molar-refractivity contribution in [1.29, 1.82) is 0 Å². The van der Waals surface area contributed by atoms with E-state index in [-0.39, 0.29) is 11.6 Å². The molecule has 0 aliphatic carbocycles. The largest absolute Gasteiger partial charge is 0.497 e. The number of carbonyl (C=O) groups is 3. The summed E-state index contributed by atoms with van der Waals surface area (Å²) in [5, 5.41) is 0. The van der Waals surface area contributed by atoms with Gasteiger partial charge < -0.3 is 9.47 Å². The van der Waals surface area contributed by atoms with Crippen molar-refractivity contribution >= 4 is 23.3 Å². The first kappa shape index (κ1) is 27.7. The van der Waals surface area contributed by atoms with Gasteiger partial charge in [0.05, 0.1) is 19.1 Å². The minimum atomic E-state index is -0.976. The molecule has 194 valence electrons. The molecule has 0 saturated heterocycles. The van der Waals surface area contributed by atoms with Crippen LogP contribution >= 0.6 is 0 Å². The van der Waals surface area contributed by atoms with Crippen molar-refractivity contribution in [3.05, 3.63) is 96.1 Å². The molecule has 3 aromatic rings. The number of Topliss-reactive ketones (excluding diaryl/α,β-unsaturated/α-hetero) is 2. The third-order valence-electron chi connectivity index (χ3n) is 6.12. The zero-order valence-corrected chi connectivity index (χ0v) is 22.3. The van der Waals surface area contributed by atoms with Crippen LogP contribution in [0.4, 0.5) is 10.5 Å². The Morgan fingerprint density at radius 3 is 1.65 bits per heavy atom. The molecule has 0 aromatic heterocycles. The monoisotopic (exact) mass is 501 g/mol. The molecule has 3 aromatic carbocycles. The summed E-state index contributed by atoms with van der Waals surface area (Å²) in [4.78, 5) is 41.5. The molecule has 37 heavy (non-hydrogen) atoms. The van der Waals surface area contributed by atoms with E-state index in [9.17, 15) is 14.4 Å². The van der Waals surface area contributed by atoms with Crippen molar-refractivity contribution in [1.82, 2.24) is 0 Å². The Morgan fingerprint density at radius 2 is 1.22 bits per heavy atom. The molecule has 0 aliphatic heterocycles. The second kappa shape index (κ2) is 11.9. The van der Waals surface area contributed by atoms with Gasteiger partial charge in [0.1, 0.15) is 22.9 Å². The Balaban J connectivity index is 2.35. The molecule has 0 bridgehead atoms. The van der Waals surface area contributed by atoms with Crippen LogP contribution in [-0.2, 0) is 14.3 Å². The minimum absolute atomic E-state index is 0.263. The van der Waals surface area contributed by atoms with Crippen molar-refractivity contribution < 1.29 is 23.9 Å². The average Bonchev–Trinajstić information content (AvgIpc) is 2.85. The van der Waals surface area contributed by atoms with Crippen LogP contribution < -0.4 is 9.64 Å². The molecule has 0 heterocycles. The summed E-state index contributed by atoms with van der Waals surface area (Å²) in [7, 11) is 1.57. The number of carbonyl (C=O) groups excluding carboxylic acids is 3. The molecule has 0 spiro atoms. The van der Waals surface area contributed by atoms with Crippen LogP contribution in [0.15, 0.2) is 84.9 Å². The molecule has 0 N–H and O–H groups in total. The van der Waals surface area contributed by atoms with Crippen LogP contribution in [-0.4, -0.2) is 30.4 Å². The van der Waals surface area contributed by atoms with E-state index in [1.54, 1.807) is 57.0 Å². The smallest absolute Gasteiger partial charge is 0.415 e. The summed E-state index contributed by atoms with van der Waals surface area (Å²) in [6.07, 6.45) is -0.585. The first-order valence-corrected chi connectivity index (χ1v) is 12.3. The van der Waals surface area contributed by atoms with Crippen LogP contribution in [0, 0.1) is 5.92 Å². The van der Waals surface area contributed by atoms with Crippen LogP contribution in [0.2, 0.25) is 0 Å². The van der Waals surface area contributed by atoms with Gasteiger partial charge in [-0.05, 0) is 70.0 Å². The number of ketones is 2. The first-order valence-electron chi connectivity index (χ1n) is 12.3. The fraction of sp³-hybridized carbons (Fsp3) is 0.323. The molecule has 6 heteroatoms. The highest BCUT2D eigenvalue weighted by Gasteiger charge is 2.43. The zero-order chi connectivity index (χ0) is 27.2. The minimum Gasteiger partial charge on any atom is -0.497 e. The van der Waals surface area contributed by atoms with Crippen molar-refractivity contribution in [2.45, 2.75) is 52.2 Å². The highest BCUT2D eigenvalue weighted by Crippen LogP contribution is 2.44. The molecule has 0 fully saturated rings. The van der Waals surface area contributed by atoms with Crippen molar-refractivity contribution in [3.8, 4) is 5.75 Å². The fourth-order valence-corrected chi connectivity index (χ4v) is 4.62. The lowest BCUT2D eigenvalue weighted by molar-refractivity contribution is -0.131. The van der Waals surface area contributed by atoms with Gasteiger partial charge in [-0.15, -0.1) is 0 Å². The maximum Gasteiger partial charge on any atom is 0.415 e. The Kier molecular flexibility index (Phi) is 8.87. The Hall–Kier alpha value is -3.93. The lowest BCUT2D eigenvalue weighted by Crippen LogP contribution is -2.45. The summed E-state index contributed by atoms with van der Waals surface area (Å²) in [6.45, 7) is 8.26. The van der Waals surface area contributed by atoms with Gasteiger partial charge in [0.2, 0.25) is 0 Å². The van der Waals surface area contributed by atoms with Gasteiger partial charge in [0.25, 0.3) is 0 Å². The van der Waals surface area contributed by atoms with Gasteiger partial charge in [-0.1, -0.05) is 60.7 Å².